The van der Waals surface area contributed by atoms with Crippen LogP contribution in [0.4, 0.5) is 0 Å². The molecule has 1 atom stereocenters. The van der Waals surface area contributed by atoms with Crippen LogP contribution in [0.15, 0.2) is 69.6 Å². The average Bonchev–Trinajstić information content (AvgIpc) is 3.16. The Morgan fingerprint density at radius 3 is 2.43 bits per heavy atom. The van der Waals surface area contributed by atoms with Crippen LogP contribution in [0.1, 0.15) is 37.9 Å². The number of carbonyl (C=O) groups excluding carboxylic acids is 2. The van der Waals surface area contributed by atoms with Crippen molar-refractivity contribution in [3.63, 3.8) is 0 Å². The second-order valence-electron chi connectivity index (χ2n) is 8.52. The molecule has 0 amide bonds. The van der Waals surface area contributed by atoms with Crippen molar-refractivity contribution in [2.45, 2.75) is 32.9 Å². The summed E-state index contributed by atoms with van der Waals surface area (Å²) in [6.45, 7) is 5.09. The van der Waals surface area contributed by atoms with Gasteiger partial charge in [-0.3, -0.25) is 9.36 Å². The number of esters is 2. The highest BCUT2D eigenvalue weighted by Crippen LogP contribution is 2.31. The van der Waals surface area contributed by atoms with E-state index < -0.39 is 18.0 Å². The molecule has 0 saturated heterocycles. The summed E-state index contributed by atoms with van der Waals surface area (Å²) >= 11 is 7.34. The summed E-state index contributed by atoms with van der Waals surface area (Å²) < 4.78 is 17.4. The molecule has 3 aromatic rings. The Labute approximate surface area is 222 Å². The number of hydrogen-bond donors (Lipinski definition) is 0. The minimum atomic E-state index is -0.712. The minimum Gasteiger partial charge on any atom is -0.482 e. The van der Waals surface area contributed by atoms with E-state index in [1.165, 1.54) is 23.0 Å². The van der Waals surface area contributed by atoms with E-state index >= 15 is 0 Å². The summed E-state index contributed by atoms with van der Waals surface area (Å²) in [5, 5.41) is 0.544. The minimum absolute atomic E-state index is 0.194. The summed E-state index contributed by atoms with van der Waals surface area (Å²) in [7, 11) is 1.29. The number of allylic oxidation sites excluding steroid dienone is 1. The molecule has 8 nitrogen and oxygen atoms in total. The van der Waals surface area contributed by atoms with Gasteiger partial charge in [-0.2, -0.15) is 0 Å². The fourth-order valence-corrected chi connectivity index (χ4v) is 5.01. The van der Waals surface area contributed by atoms with Crippen molar-refractivity contribution in [3.8, 4) is 5.75 Å². The molecule has 1 aliphatic heterocycles. The zero-order valence-corrected chi connectivity index (χ0v) is 22.3. The fraction of sp³-hybridized carbons (Fsp3) is 0.259. The molecule has 37 heavy (non-hydrogen) atoms. The Kier molecular flexibility index (Phi) is 7.94. The topological polar surface area (TPSA) is 96.2 Å². The third-order valence-corrected chi connectivity index (χ3v) is 6.77. The van der Waals surface area contributed by atoms with Gasteiger partial charge in [0, 0.05) is 5.02 Å². The van der Waals surface area contributed by atoms with Gasteiger partial charge in [0.05, 0.1) is 35.1 Å². The molecule has 4 rings (SSSR count). The lowest BCUT2D eigenvalue weighted by Crippen LogP contribution is -2.40. The first-order valence-corrected chi connectivity index (χ1v) is 12.7. The maximum atomic E-state index is 13.6. The van der Waals surface area contributed by atoms with Crippen molar-refractivity contribution in [2.75, 3.05) is 13.7 Å². The van der Waals surface area contributed by atoms with Gasteiger partial charge in [0.2, 0.25) is 0 Å². The first-order chi connectivity index (χ1) is 17.7. The van der Waals surface area contributed by atoms with Crippen LogP contribution < -0.4 is 19.6 Å². The molecule has 1 unspecified atom stereocenters. The molecule has 1 aliphatic rings. The SMILES string of the molecule is COC(=O)COc1ccc(/C=c2\sc3n(c2=O)C(c2ccc(Cl)cc2)C(C(=O)OC(C)C)=C(C)N=3)cc1. The maximum absolute atomic E-state index is 13.6. The normalized spacial score (nSPS) is 15.3. The third-order valence-electron chi connectivity index (χ3n) is 5.53. The predicted molar refractivity (Wildman–Crippen MR) is 140 cm³/mol. The van der Waals surface area contributed by atoms with E-state index in [0.29, 0.717) is 36.9 Å². The smallest absolute Gasteiger partial charge is 0.343 e. The monoisotopic (exact) mass is 540 g/mol. The van der Waals surface area contributed by atoms with E-state index in [1.54, 1.807) is 75.4 Å². The average molecular weight is 541 g/mol. The molecule has 2 aromatic carbocycles. The molecule has 0 fully saturated rings. The van der Waals surface area contributed by atoms with E-state index in [-0.39, 0.29) is 18.3 Å². The van der Waals surface area contributed by atoms with E-state index in [0.717, 1.165) is 5.56 Å². The maximum Gasteiger partial charge on any atom is 0.343 e. The lowest BCUT2D eigenvalue weighted by atomic mass is 9.96. The van der Waals surface area contributed by atoms with E-state index in [9.17, 15) is 14.4 Å². The molecule has 0 aliphatic carbocycles. The van der Waals surface area contributed by atoms with Crippen LogP contribution in [-0.4, -0.2) is 36.3 Å². The van der Waals surface area contributed by atoms with Crippen molar-refractivity contribution in [3.05, 3.63) is 95.6 Å². The second-order valence-corrected chi connectivity index (χ2v) is 9.97. The van der Waals surface area contributed by atoms with Gasteiger partial charge in [-0.15, -0.1) is 0 Å². The zero-order chi connectivity index (χ0) is 26.7. The quantitative estimate of drug-likeness (QED) is 0.426. The Morgan fingerprint density at radius 2 is 1.81 bits per heavy atom. The summed E-state index contributed by atoms with van der Waals surface area (Å²) in [6.07, 6.45) is 1.42. The molecule has 0 spiro atoms. The van der Waals surface area contributed by atoms with Gasteiger partial charge in [-0.1, -0.05) is 47.2 Å². The first-order valence-electron chi connectivity index (χ1n) is 11.5. The number of nitrogens with zero attached hydrogens (tertiary/aromatic N) is 2. The Hall–Kier alpha value is -3.69. The van der Waals surface area contributed by atoms with Crippen LogP contribution in [0.25, 0.3) is 6.08 Å². The Balaban J connectivity index is 1.77. The highest BCUT2D eigenvalue weighted by Gasteiger charge is 2.33. The van der Waals surface area contributed by atoms with Crippen molar-refractivity contribution < 1.29 is 23.8 Å². The lowest BCUT2D eigenvalue weighted by molar-refractivity contribution is -0.144. The fourth-order valence-electron chi connectivity index (χ4n) is 3.83. The van der Waals surface area contributed by atoms with E-state index in [2.05, 4.69) is 9.73 Å². The molecule has 192 valence electrons. The number of halogens is 1. The van der Waals surface area contributed by atoms with Crippen molar-refractivity contribution >= 4 is 41.0 Å². The first kappa shape index (κ1) is 26.4. The number of fused-ring (bicyclic) bond motifs is 1. The number of carbonyl (C=O) groups is 2. The molecule has 0 bridgehead atoms. The molecule has 10 heteroatoms. The molecule has 0 saturated carbocycles. The van der Waals surface area contributed by atoms with Gasteiger partial charge in [0.1, 0.15) is 5.75 Å². The van der Waals surface area contributed by atoms with E-state index in [4.69, 9.17) is 21.1 Å². The van der Waals surface area contributed by atoms with Crippen LogP contribution in [0, 0.1) is 0 Å². The number of ether oxygens (including phenoxy) is 3. The summed E-state index contributed by atoms with van der Waals surface area (Å²) in [4.78, 5) is 43.1. The van der Waals surface area contributed by atoms with Crippen molar-refractivity contribution in [2.24, 2.45) is 4.99 Å². The standard InChI is InChI=1S/C27H25ClN2O6S/c1-15(2)36-26(33)23-16(3)29-27-30(24(23)18-7-9-19(28)10-8-18)25(32)21(37-27)13-17-5-11-20(12-6-17)35-14-22(31)34-4/h5-13,15,24H,14H2,1-4H3/b21-13-. The molecule has 0 N–H and O–H groups in total. The number of rotatable bonds is 7. The molecule has 2 heterocycles. The van der Waals surface area contributed by atoms with Gasteiger partial charge in [-0.25, -0.2) is 14.6 Å². The van der Waals surface area contributed by atoms with E-state index in [1.807, 2.05) is 0 Å². The van der Waals surface area contributed by atoms with Crippen molar-refractivity contribution in [1.82, 2.24) is 4.57 Å². The highest BCUT2D eigenvalue weighted by atomic mass is 35.5. The van der Waals surface area contributed by atoms with Gasteiger partial charge in [-0.05, 0) is 62.2 Å². The number of methoxy groups -OCH3 is 1. The van der Waals surface area contributed by atoms with Gasteiger partial charge in [0.25, 0.3) is 5.56 Å². The van der Waals surface area contributed by atoms with Crippen LogP contribution in [0.5, 0.6) is 5.75 Å². The van der Waals surface area contributed by atoms with Gasteiger partial charge < -0.3 is 14.2 Å². The highest BCUT2D eigenvalue weighted by molar-refractivity contribution is 7.07. The zero-order valence-electron chi connectivity index (χ0n) is 20.7. The summed E-state index contributed by atoms with van der Waals surface area (Å²) in [5.74, 6) is -0.504. The predicted octanol–water partition coefficient (Wildman–Crippen LogP) is 3.39. The largest absolute Gasteiger partial charge is 0.482 e. The Morgan fingerprint density at radius 1 is 1.14 bits per heavy atom. The second kappa shape index (κ2) is 11.1. The molecule has 0 radical (unpaired) electrons. The molecular weight excluding hydrogens is 516 g/mol. The summed E-state index contributed by atoms with van der Waals surface area (Å²) in [5.41, 5.74) is 1.99. The van der Waals surface area contributed by atoms with Crippen LogP contribution in [0.3, 0.4) is 0 Å². The number of aromatic nitrogens is 1. The summed E-state index contributed by atoms with van der Waals surface area (Å²) in [6, 6.07) is 13.3. The number of thiazole rings is 1. The van der Waals surface area contributed by atoms with Crippen LogP contribution in [-0.2, 0) is 19.1 Å². The van der Waals surface area contributed by atoms with Crippen LogP contribution >= 0.6 is 22.9 Å². The van der Waals surface area contributed by atoms with Crippen molar-refractivity contribution in [1.29, 1.82) is 0 Å². The molecule has 1 aromatic heterocycles. The lowest BCUT2D eigenvalue weighted by Gasteiger charge is -2.25. The third kappa shape index (κ3) is 5.84. The van der Waals surface area contributed by atoms with Crippen LogP contribution in [0.2, 0.25) is 5.02 Å². The van der Waals surface area contributed by atoms with Gasteiger partial charge in [0.15, 0.2) is 11.4 Å². The van der Waals surface area contributed by atoms with Gasteiger partial charge >= 0.3 is 11.9 Å². The molecular formula is C27H25ClN2O6S. The number of hydrogen-bond acceptors (Lipinski definition) is 8. The Bertz CT molecular complexity index is 1540. The number of benzene rings is 2.